The van der Waals surface area contributed by atoms with Crippen molar-refractivity contribution in [2.24, 2.45) is 11.3 Å². The first-order chi connectivity index (χ1) is 6.47. The van der Waals surface area contributed by atoms with E-state index in [2.05, 4.69) is 33.1 Å². The third-order valence-corrected chi connectivity index (χ3v) is 2.56. The second kappa shape index (κ2) is 6.38. The van der Waals surface area contributed by atoms with Crippen LogP contribution in [0.15, 0.2) is 0 Å². The number of hydrogen-bond acceptors (Lipinski definition) is 3. The van der Waals surface area contributed by atoms with Gasteiger partial charge in [0.2, 0.25) is 0 Å². The molecule has 3 N–H and O–H groups in total. The van der Waals surface area contributed by atoms with Crippen molar-refractivity contribution in [1.82, 2.24) is 5.43 Å². The van der Waals surface area contributed by atoms with Crippen molar-refractivity contribution in [3.8, 4) is 0 Å². The Morgan fingerprint density at radius 2 is 1.93 bits per heavy atom. The molecular weight excluding hydrogens is 176 g/mol. The standard InChI is InChI=1S/C11H26N2O/c1-6-7-8-9(13-12)10(14-5)11(2,3)4/h9-10,13H,6-8,12H2,1-5H3. The lowest BCUT2D eigenvalue weighted by Gasteiger charge is -2.35. The van der Waals surface area contributed by atoms with Crippen LogP contribution in [0.3, 0.4) is 0 Å². The van der Waals surface area contributed by atoms with Crippen LogP contribution >= 0.6 is 0 Å². The van der Waals surface area contributed by atoms with E-state index in [1.165, 1.54) is 12.8 Å². The fourth-order valence-corrected chi connectivity index (χ4v) is 1.87. The third-order valence-electron chi connectivity index (χ3n) is 2.56. The summed E-state index contributed by atoms with van der Waals surface area (Å²) in [6.45, 7) is 8.72. The Hall–Kier alpha value is -0.120. The number of unbranched alkanes of at least 4 members (excludes halogenated alkanes) is 1. The van der Waals surface area contributed by atoms with Crippen LogP contribution in [0.25, 0.3) is 0 Å². The van der Waals surface area contributed by atoms with E-state index in [1.807, 2.05) is 0 Å². The van der Waals surface area contributed by atoms with E-state index in [9.17, 15) is 0 Å². The second-order valence-corrected chi connectivity index (χ2v) is 4.94. The summed E-state index contributed by atoms with van der Waals surface area (Å²) in [5.74, 6) is 5.56. The van der Waals surface area contributed by atoms with E-state index in [0.29, 0.717) is 0 Å². The van der Waals surface area contributed by atoms with E-state index in [4.69, 9.17) is 10.6 Å². The van der Waals surface area contributed by atoms with Gasteiger partial charge in [-0.3, -0.25) is 11.3 Å². The number of ether oxygens (including phenoxy) is 1. The molecule has 0 saturated heterocycles. The first-order valence-electron chi connectivity index (χ1n) is 5.46. The molecule has 0 radical (unpaired) electrons. The van der Waals surface area contributed by atoms with E-state index >= 15 is 0 Å². The summed E-state index contributed by atoms with van der Waals surface area (Å²) >= 11 is 0. The molecule has 14 heavy (non-hydrogen) atoms. The van der Waals surface area contributed by atoms with Gasteiger partial charge in [0.1, 0.15) is 0 Å². The van der Waals surface area contributed by atoms with Gasteiger partial charge in [-0.15, -0.1) is 0 Å². The summed E-state index contributed by atoms with van der Waals surface area (Å²) in [7, 11) is 1.76. The van der Waals surface area contributed by atoms with Crippen molar-refractivity contribution >= 4 is 0 Å². The van der Waals surface area contributed by atoms with Gasteiger partial charge in [-0.2, -0.15) is 0 Å². The van der Waals surface area contributed by atoms with Crippen molar-refractivity contribution < 1.29 is 4.74 Å². The highest BCUT2D eigenvalue weighted by atomic mass is 16.5. The molecule has 0 rings (SSSR count). The molecule has 0 aliphatic heterocycles. The van der Waals surface area contributed by atoms with Crippen LogP contribution in [-0.2, 0) is 4.74 Å². The number of methoxy groups -OCH3 is 1. The van der Waals surface area contributed by atoms with Gasteiger partial charge >= 0.3 is 0 Å². The number of hydrogen-bond donors (Lipinski definition) is 2. The molecule has 86 valence electrons. The summed E-state index contributed by atoms with van der Waals surface area (Å²) in [6.07, 6.45) is 3.62. The van der Waals surface area contributed by atoms with Crippen LogP contribution in [0.1, 0.15) is 47.0 Å². The van der Waals surface area contributed by atoms with E-state index < -0.39 is 0 Å². The van der Waals surface area contributed by atoms with Gasteiger partial charge < -0.3 is 4.74 Å². The summed E-state index contributed by atoms with van der Waals surface area (Å²) in [5.41, 5.74) is 2.99. The number of nitrogens with two attached hydrogens (primary N) is 1. The zero-order valence-electron chi connectivity index (χ0n) is 10.3. The van der Waals surface area contributed by atoms with Gasteiger partial charge in [0.15, 0.2) is 0 Å². The molecule has 0 aromatic heterocycles. The molecule has 2 unspecified atom stereocenters. The Balaban J connectivity index is 4.29. The fraction of sp³-hybridized carbons (Fsp3) is 1.00. The molecule has 3 nitrogen and oxygen atoms in total. The monoisotopic (exact) mass is 202 g/mol. The lowest BCUT2D eigenvalue weighted by molar-refractivity contribution is -0.0136. The smallest absolute Gasteiger partial charge is 0.0785 e. The molecular formula is C11H26N2O. The SMILES string of the molecule is CCCCC(NN)C(OC)C(C)(C)C. The van der Waals surface area contributed by atoms with Gasteiger partial charge in [-0.25, -0.2) is 0 Å². The lowest BCUT2D eigenvalue weighted by Crippen LogP contribution is -2.50. The zero-order chi connectivity index (χ0) is 11.2. The van der Waals surface area contributed by atoms with Crippen LogP contribution in [0.2, 0.25) is 0 Å². The van der Waals surface area contributed by atoms with Gasteiger partial charge in [0, 0.05) is 13.2 Å². The van der Waals surface area contributed by atoms with Crippen molar-refractivity contribution in [2.75, 3.05) is 7.11 Å². The Morgan fingerprint density at radius 1 is 1.36 bits per heavy atom. The van der Waals surface area contributed by atoms with Crippen LogP contribution < -0.4 is 11.3 Å². The molecule has 0 aliphatic rings. The first kappa shape index (κ1) is 13.9. The summed E-state index contributed by atoms with van der Waals surface area (Å²) in [6, 6.07) is 0.250. The minimum atomic E-state index is 0.125. The maximum absolute atomic E-state index is 5.56. The predicted octanol–water partition coefficient (Wildman–Crippen LogP) is 2.07. The highest BCUT2D eigenvalue weighted by Crippen LogP contribution is 2.26. The van der Waals surface area contributed by atoms with Crippen molar-refractivity contribution in [1.29, 1.82) is 0 Å². The van der Waals surface area contributed by atoms with Crippen LogP contribution in [0.5, 0.6) is 0 Å². The third kappa shape index (κ3) is 4.40. The Labute approximate surface area is 88.4 Å². The summed E-state index contributed by atoms with van der Waals surface area (Å²) in [4.78, 5) is 0. The van der Waals surface area contributed by atoms with Crippen LogP contribution in [0.4, 0.5) is 0 Å². The summed E-state index contributed by atoms with van der Waals surface area (Å²) in [5, 5.41) is 0. The normalized spacial score (nSPS) is 16.7. The number of hydrazine groups is 1. The van der Waals surface area contributed by atoms with E-state index in [0.717, 1.165) is 6.42 Å². The lowest BCUT2D eigenvalue weighted by atomic mass is 9.83. The number of nitrogens with one attached hydrogen (secondary N) is 1. The summed E-state index contributed by atoms with van der Waals surface area (Å²) < 4.78 is 5.52. The molecule has 3 heteroatoms. The second-order valence-electron chi connectivity index (χ2n) is 4.94. The molecule has 0 spiro atoms. The molecule has 0 bridgehead atoms. The average molecular weight is 202 g/mol. The zero-order valence-corrected chi connectivity index (χ0v) is 10.3. The average Bonchev–Trinajstić information content (AvgIpc) is 2.09. The Bertz CT molecular complexity index is 143. The maximum atomic E-state index is 5.56. The van der Waals surface area contributed by atoms with Gasteiger partial charge in [0.25, 0.3) is 0 Å². The molecule has 0 amide bonds. The highest BCUT2D eigenvalue weighted by Gasteiger charge is 2.31. The quantitative estimate of drug-likeness (QED) is 0.512. The molecule has 0 aromatic carbocycles. The largest absolute Gasteiger partial charge is 0.379 e. The topological polar surface area (TPSA) is 47.3 Å². The van der Waals surface area contributed by atoms with Gasteiger partial charge in [0.05, 0.1) is 6.10 Å². The predicted molar refractivity (Wildman–Crippen MR) is 60.9 cm³/mol. The van der Waals surface area contributed by atoms with Crippen LogP contribution in [0, 0.1) is 5.41 Å². The molecule has 0 aliphatic carbocycles. The van der Waals surface area contributed by atoms with Crippen LogP contribution in [-0.4, -0.2) is 19.3 Å². The molecule has 0 fully saturated rings. The van der Waals surface area contributed by atoms with Crippen molar-refractivity contribution in [3.63, 3.8) is 0 Å². The van der Waals surface area contributed by atoms with Gasteiger partial charge in [-0.1, -0.05) is 40.5 Å². The number of rotatable bonds is 6. The van der Waals surface area contributed by atoms with Crippen molar-refractivity contribution in [3.05, 3.63) is 0 Å². The Kier molecular flexibility index (Phi) is 6.33. The highest BCUT2D eigenvalue weighted by molar-refractivity contribution is 4.84. The molecule has 2 atom stereocenters. The van der Waals surface area contributed by atoms with E-state index in [-0.39, 0.29) is 17.6 Å². The minimum Gasteiger partial charge on any atom is -0.379 e. The molecule has 0 saturated carbocycles. The maximum Gasteiger partial charge on any atom is 0.0785 e. The molecule has 0 aromatic rings. The van der Waals surface area contributed by atoms with E-state index in [1.54, 1.807) is 7.11 Å². The molecule has 0 heterocycles. The fourth-order valence-electron chi connectivity index (χ4n) is 1.87. The Morgan fingerprint density at radius 3 is 2.21 bits per heavy atom. The first-order valence-corrected chi connectivity index (χ1v) is 5.46. The minimum absolute atomic E-state index is 0.125. The van der Waals surface area contributed by atoms with Crippen molar-refractivity contribution in [2.45, 2.75) is 59.1 Å². The van der Waals surface area contributed by atoms with Gasteiger partial charge in [-0.05, 0) is 11.8 Å².